The highest BCUT2D eigenvalue weighted by molar-refractivity contribution is 5.89. The number of aliphatic hydroxyl groups is 1. The predicted octanol–water partition coefficient (Wildman–Crippen LogP) is 1.72. The van der Waals surface area contributed by atoms with Crippen LogP contribution in [0.1, 0.15) is 6.42 Å². The van der Waals surface area contributed by atoms with Gasteiger partial charge in [0.1, 0.15) is 0 Å². The minimum atomic E-state index is -0.113. The number of likely N-dealkylation sites (tertiary alicyclic amines) is 1. The Hall–Kier alpha value is -2.34. The number of benzene rings is 1. The van der Waals surface area contributed by atoms with Crippen molar-refractivity contribution in [1.29, 1.82) is 0 Å². The third kappa shape index (κ3) is 3.05. The van der Waals surface area contributed by atoms with E-state index < -0.39 is 0 Å². The lowest BCUT2D eigenvalue weighted by Crippen LogP contribution is -2.33. The zero-order chi connectivity index (χ0) is 14.7. The lowest BCUT2D eigenvalue weighted by Gasteiger charge is -2.17. The first-order valence-corrected chi connectivity index (χ1v) is 7.03. The van der Waals surface area contributed by atoms with Crippen molar-refractivity contribution >= 4 is 11.7 Å². The van der Waals surface area contributed by atoms with Crippen LogP contribution in [0.2, 0.25) is 0 Å². The molecule has 2 amide bonds. The van der Waals surface area contributed by atoms with Gasteiger partial charge < -0.3 is 15.3 Å². The molecule has 1 fully saturated rings. The van der Waals surface area contributed by atoms with Gasteiger partial charge in [0.25, 0.3) is 0 Å². The Morgan fingerprint density at radius 2 is 2.19 bits per heavy atom. The summed E-state index contributed by atoms with van der Waals surface area (Å²) in [6, 6.07) is 9.27. The number of rotatable bonds is 3. The number of hydrogen-bond donors (Lipinski definition) is 2. The van der Waals surface area contributed by atoms with Crippen molar-refractivity contribution in [3.05, 3.63) is 42.7 Å². The number of carbonyl (C=O) groups excluding carboxylic acids is 1. The number of aliphatic hydroxyl groups excluding tert-OH is 1. The normalized spacial score (nSPS) is 18.0. The van der Waals surface area contributed by atoms with Gasteiger partial charge in [0.15, 0.2) is 0 Å². The van der Waals surface area contributed by atoms with Crippen LogP contribution in [-0.2, 0) is 0 Å². The summed E-state index contributed by atoms with van der Waals surface area (Å²) in [7, 11) is 0. The van der Waals surface area contributed by atoms with Gasteiger partial charge in [-0.15, -0.1) is 0 Å². The maximum atomic E-state index is 12.1. The molecule has 1 aromatic heterocycles. The van der Waals surface area contributed by atoms with Gasteiger partial charge in [0.05, 0.1) is 5.69 Å². The molecule has 0 saturated carbocycles. The Morgan fingerprint density at radius 3 is 2.81 bits per heavy atom. The minimum absolute atomic E-state index is 0.113. The molecule has 2 aromatic rings. The zero-order valence-electron chi connectivity index (χ0n) is 11.6. The topological polar surface area (TPSA) is 70.4 Å². The van der Waals surface area contributed by atoms with Crippen LogP contribution in [0.15, 0.2) is 42.7 Å². The summed E-state index contributed by atoms with van der Waals surface area (Å²) in [5.41, 5.74) is 1.70. The summed E-state index contributed by atoms with van der Waals surface area (Å²) in [6.45, 7) is 1.46. The van der Waals surface area contributed by atoms with E-state index in [0.717, 1.165) is 17.8 Å². The van der Waals surface area contributed by atoms with Crippen LogP contribution in [0.4, 0.5) is 10.5 Å². The summed E-state index contributed by atoms with van der Waals surface area (Å²) in [5, 5.41) is 16.1. The molecular formula is C15H18N4O2. The number of urea groups is 1. The highest BCUT2D eigenvalue weighted by Crippen LogP contribution is 2.18. The van der Waals surface area contributed by atoms with Crippen molar-refractivity contribution in [2.24, 2.45) is 5.92 Å². The molecule has 1 aliphatic rings. The third-order valence-electron chi connectivity index (χ3n) is 3.72. The van der Waals surface area contributed by atoms with E-state index in [4.69, 9.17) is 5.11 Å². The molecule has 2 heterocycles. The maximum Gasteiger partial charge on any atom is 0.321 e. The Bertz CT molecular complexity index is 595. The molecule has 110 valence electrons. The van der Waals surface area contributed by atoms with E-state index in [1.54, 1.807) is 15.8 Å². The molecule has 6 heteroatoms. The second-order valence-electron chi connectivity index (χ2n) is 5.21. The van der Waals surface area contributed by atoms with Crippen LogP contribution in [-0.4, -0.2) is 45.5 Å². The molecule has 1 unspecified atom stereocenters. The smallest absolute Gasteiger partial charge is 0.321 e. The molecule has 6 nitrogen and oxygen atoms in total. The molecule has 2 N–H and O–H groups in total. The molecule has 0 aliphatic carbocycles. The van der Waals surface area contributed by atoms with E-state index in [9.17, 15) is 4.79 Å². The highest BCUT2D eigenvalue weighted by Gasteiger charge is 2.25. The van der Waals surface area contributed by atoms with E-state index in [0.29, 0.717) is 13.1 Å². The molecule has 3 rings (SSSR count). The van der Waals surface area contributed by atoms with E-state index in [-0.39, 0.29) is 18.6 Å². The summed E-state index contributed by atoms with van der Waals surface area (Å²) in [4.78, 5) is 13.8. The number of carbonyl (C=O) groups is 1. The molecular weight excluding hydrogens is 268 g/mol. The molecule has 1 aliphatic heterocycles. The fraction of sp³-hybridized carbons (Fsp3) is 0.333. The zero-order valence-corrected chi connectivity index (χ0v) is 11.6. The Kier molecular flexibility index (Phi) is 3.87. The first-order valence-electron chi connectivity index (χ1n) is 7.03. The predicted molar refractivity (Wildman–Crippen MR) is 79.3 cm³/mol. The van der Waals surface area contributed by atoms with Gasteiger partial charge in [-0.2, -0.15) is 5.10 Å². The SMILES string of the molecule is O=C(Nc1ccc(-n2cccn2)cc1)N1CCC(CO)C1. The summed E-state index contributed by atoms with van der Waals surface area (Å²) >= 11 is 0. The Labute approximate surface area is 123 Å². The van der Waals surface area contributed by atoms with Crippen LogP contribution in [0.25, 0.3) is 5.69 Å². The quantitative estimate of drug-likeness (QED) is 0.902. The van der Waals surface area contributed by atoms with Crippen molar-refractivity contribution < 1.29 is 9.90 Å². The Balaban J connectivity index is 1.62. The molecule has 1 aromatic carbocycles. The largest absolute Gasteiger partial charge is 0.396 e. The lowest BCUT2D eigenvalue weighted by atomic mass is 10.1. The van der Waals surface area contributed by atoms with Crippen LogP contribution in [0, 0.1) is 5.92 Å². The van der Waals surface area contributed by atoms with Crippen LogP contribution in [0.5, 0.6) is 0 Å². The standard InChI is InChI=1S/C15H18N4O2/c20-11-12-6-9-18(10-12)15(21)17-13-2-4-14(5-3-13)19-8-1-7-16-19/h1-5,7-8,12,20H,6,9-11H2,(H,17,21). The number of nitrogens with one attached hydrogen (secondary N) is 1. The molecule has 0 bridgehead atoms. The number of nitrogens with zero attached hydrogens (tertiary/aromatic N) is 3. The van der Waals surface area contributed by atoms with Gasteiger partial charge in [-0.25, -0.2) is 9.48 Å². The van der Waals surface area contributed by atoms with Gasteiger partial charge in [-0.3, -0.25) is 0 Å². The monoisotopic (exact) mass is 286 g/mol. The molecule has 21 heavy (non-hydrogen) atoms. The van der Waals surface area contributed by atoms with Crippen LogP contribution < -0.4 is 5.32 Å². The summed E-state index contributed by atoms with van der Waals surface area (Å²) in [5.74, 6) is 0.206. The van der Waals surface area contributed by atoms with E-state index >= 15 is 0 Å². The van der Waals surface area contributed by atoms with Gasteiger partial charge >= 0.3 is 6.03 Å². The van der Waals surface area contributed by atoms with Crippen LogP contribution >= 0.6 is 0 Å². The van der Waals surface area contributed by atoms with Gasteiger partial charge in [0, 0.05) is 43.7 Å². The second-order valence-corrected chi connectivity index (χ2v) is 5.21. The fourth-order valence-electron chi connectivity index (χ4n) is 2.49. The first kappa shape index (κ1) is 13.6. The van der Waals surface area contributed by atoms with Crippen molar-refractivity contribution in [2.75, 3.05) is 25.0 Å². The van der Waals surface area contributed by atoms with Crippen molar-refractivity contribution in [2.45, 2.75) is 6.42 Å². The minimum Gasteiger partial charge on any atom is -0.396 e. The van der Waals surface area contributed by atoms with E-state index in [1.165, 1.54) is 0 Å². The average Bonchev–Trinajstić information content (AvgIpc) is 3.19. The maximum absolute atomic E-state index is 12.1. The highest BCUT2D eigenvalue weighted by atomic mass is 16.3. The number of aromatic nitrogens is 2. The Morgan fingerprint density at radius 1 is 1.38 bits per heavy atom. The van der Waals surface area contributed by atoms with Gasteiger partial charge in [0.2, 0.25) is 0 Å². The van der Waals surface area contributed by atoms with Crippen molar-refractivity contribution in [3.63, 3.8) is 0 Å². The number of amides is 2. The molecule has 0 spiro atoms. The second kappa shape index (κ2) is 5.97. The van der Waals surface area contributed by atoms with Gasteiger partial charge in [-0.1, -0.05) is 0 Å². The molecule has 1 saturated heterocycles. The lowest BCUT2D eigenvalue weighted by molar-refractivity contribution is 0.209. The average molecular weight is 286 g/mol. The molecule has 1 atom stereocenters. The molecule has 0 radical (unpaired) electrons. The van der Waals surface area contributed by atoms with Gasteiger partial charge in [-0.05, 0) is 36.8 Å². The van der Waals surface area contributed by atoms with Crippen LogP contribution in [0.3, 0.4) is 0 Å². The van der Waals surface area contributed by atoms with Crippen molar-refractivity contribution in [1.82, 2.24) is 14.7 Å². The number of hydrogen-bond acceptors (Lipinski definition) is 3. The summed E-state index contributed by atoms with van der Waals surface area (Å²) in [6.07, 6.45) is 4.45. The number of anilines is 1. The first-order chi connectivity index (χ1) is 10.3. The third-order valence-corrected chi connectivity index (χ3v) is 3.72. The van der Waals surface area contributed by atoms with Crippen molar-refractivity contribution in [3.8, 4) is 5.69 Å². The van der Waals surface area contributed by atoms with E-state index in [1.807, 2.05) is 36.5 Å². The van der Waals surface area contributed by atoms with E-state index in [2.05, 4.69) is 10.4 Å². The fourth-order valence-corrected chi connectivity index (χ4v) is 2.49. The summed E-state index contributed by atoms with van der Waals surface area (Å²) < 4.78 is 1.76.